The number of ether oxygens (including phenoxy) is 1. The Morgan fingerprint density at radius 2 is 2.21 bits per heavy atom. The second-order valence-corrected chi connectivity index (χ2v) is 4.23. The fraction of sp³-hybridized carbons (Fsp3) is 0.900. The summed E-state index contributed by atoms with van der Waals surface area (Å²) in [7, 11) is 1.73. The van der Waals surface area contributed by atoms with Crippen LogP contribution in [0, 0.1) is 5.92 Å². The maximum Gasteiger partial charge on any atom is 0.308 e. The quantitative estimate of drug-likeness (QED) is 0.722. The second-order valence-electron chi connectivity index (χ2n) is 4.23. The molecule has 1 N–H and O–H groups in total. The van der Waals surface area contributed by atoms with Crippen LogP contribution in [0.2, 0.25) is 0 Å². The lowest BCUT2D eigenvalue weighted by Gasteiger charge is -2.40. The number of carbonyl (C=O) groups is 1. The van der Waals surface area contributed by atoms with Gasteiger partial charge in [-0.1, -0.05) is 0 Å². The molecule has 0 aromatic rings. The number of methoxy groups -OCH3 is 1. The molecule has 1 saturated heterocycles. The van der Waals surface area contributed by atoms with Crippen molar-refractivity contribution in [3.8, 4) is 0 Å². The molecule has 80 valence electrons. The highest BCUT2D eigenvalue weighted by Gasteiger charge is 2.42. The summed E-state index contributed by atoms with van der Waals surface area (Å²) in [5.41, 5.74) is 0. The SMILES string of the molecule is COC1CCN(C2CCC2C(=O)O)C1. The van der Waals surface area contributed by atoms with Gasteiger partial charge >= 0.3 is 5.97 Å². The Morgan fingerprint density at radius 1 is 1.43 bits per heavy atom. The van der Waals surface area contributed by atoms with Gasteiger partial charge in [0.15, 0.2) is 0 Å². The lowest BCUT2D eigenvalue weighted by atomic mass is 9.78. The number of hydrogen-bond donors (Lipinski definition) is 1. The van der Waals surface area contributed by atoms with Crippen LogP contribution in [0.3, 0.4) is 0 Å². The number of rotatable bonds is 3. The highest BCUT2D eigenvalue weighted by atomic mass is 16.5. The summed E-state index contributed by atoms with van der Waals surface area (Å²) in [5, 5.41) is 8.93. The van der Waals surface area contributed by atoms with E-state index < -0.39 is 5.97 Å². The lowest BCUT2D eigenvalue weighted by molar-refractivity contribution is -0.148. The number of carboxylic acid groups (broad SMARTS) is 1. The summed E-state index contributed by atoms with van der Waals surface area (Å²) >= 11 is 0. The number of aliphatic carboxylic acids is 1. The van der Waals surface area contributed by atoms with Crippen LogP contribution >= 0.6 is 0 Å². The van der Waals surface area contributed by atoms with Crippen LogP contribution in [-0.2, 0) is 9.53 Å². The third-order valence-corrected chi connectivity index (χ3v) is 3.53. The van der Waals surface area contributed by atoms with Gasteiger partial charge in [0.05, 0.1) is 12.0 Å². The van der Waals surface area contributed by atoms with E-state index in [0.29, 0.717) is 6.10 Å². The minimum Gasteiger partial charge on any atom is -0.481 e. The highest BCUT2D eigenvalue weighted by Crippen LogP contribution is 2.34. The summed E-state index contributed by atoms with van der Waals surface area (Å²) in [5.74, 6) is -0.771. The van der Waals surface area contributed by atoms with E-state index in [4.69, 9.17) is 9.84 Å². The van der Waals surface area contributed by atoms with Crippen molar-refractivity contribution in [1.29, 1.82) is 0 Å². The molecule has 14 heavy (non-hydrogen) atoms. The monoisotopic (exact) mass is 199 g/mol. The smallest absolute Gasteiger partial charge is 0.308 e. The maximum absolute atomic E-state index is 10.8. The molecule has 4 nitrogen and oxygen atoms in total. The van der Waals surface area contributed by atoms with Crippen molar-refractivity contribution in [2.24, 2.45) is 5.92 Å². The van der Waals surface area contributed by atoms with E-state index in [-0.39, 0.29) is 12.0 Å². The van der Waals surface area contributed by atoms with E-state index >= 15 is 0 Å². The predicted molar refractivity (Wildman–Crippen MR) is 51.1 cm³/mol. The van der Waals surface area contributed by atoms with Crippen LogP contribution < -0.4 is 0 Å². The zero-order chi connectivity index (χ0) is 10.1. The van der Waals surface area contributed by atoms with Crippen LogP contribution in [0.15, 0.2) is 0 Å². The van der Waals surface area contributed by atoms with E-state index in [9.17, 15) is 4.79 Å². The summed E-state index contributed by atoms with van der Waals surface area (Å²) in [6, 6.07) is 0.271. The molecule has 1 aliphatic heterocycles. The van der Waals surface area contributed by atoms with Crippen molar-refractivity contribution in [1.82, 2.24) is 4.90 Å². The standard InChI is InChI=1S/C10H17NO3/c1-14-7-4-5-11(6-7)9-3-2-8(9)10(12)13/h7-9H,2-6H2,1H3,(H,12,13). The van der Waals surface area contributed by atoms with E-state index in [2.05, 4.69) is 4.90 Å². The number of carboxylic acids is 1. The Balaban J connectivity index is 1.88. The largest absolute Gasteiger partial charge is 0.481 e. The van der Waals surface area contributed by atoms with E-state index in [0.717, 1.165) is 32.4 Å². The molecule has 0 amide bonds. The molecule has 0 aromatic carbocycles. The van der Waals surface area contributed by atoms with Gasteiger partial charge in [-0.05, 0) is 19.3 Å². The molecule has 1 saturated carbocycles. The van der Waals surface area contributed by atoms with Crippen LogP contribution in [0.1, 0.15) is 19.3 Å². The topological polar surface area (TPSA) is 49.8 Å². The summed E-state index contributed by atoms with van der Waals surface area (Å²) < 4.78 is 5.27. The molecule has 0 bridgehead atoms. The van der Waals surface area contributed by atoms with Gasteiger partial charge in [0, 0.05) is 26.2 Å². The zero-order valence-electron chi connectivity index (χ0n) is 8.48. The number of hydrogen-bond acceptors (Lipinski definition) is 3. The molecule has 3 unspecified atom stereocenters. The molecule has 4 heteroatoms. The first-order chi connectivity index (χ1) is 6.72. The van der Waals surface area contributed by atoms with Crippen molar-refractivity contribution in [2.75, 3.05) is 20.2 Å². The van der Waals surface area contributed by atoms with E-state index in [1.54, 1.807) is 7.11 Å². The molecular weight excluding hydrogens is 182 g/mol. The fourth-order valence-corrected chi connectivity index (χ4v) is 2.46. The molecule has 1 aliphatic carbocycles. The Bertz CT molecular complexity index is 231. The van der Waals surface area contributed by atoms with Crippen molar-refractivity contribution >= 4 is 5.97 Å². The summed E-state index contributed by atoms with van der Waals surface area (Å²) in [6.07, 6.45) is 3.23. The molecule has 1 heterocycles. The summed E-state index contributed by atoms with van der Waals surface area (Å²) in [6.45, 7) is 1.90. The van der Waals surface area contributed by atoms with Crippen LogP contribution in [0.25, 0.3) is 0 Å². The van der Waals surface area contributed by atoms with Gasteiger partial charge in [-0.15, -0.1) is 0 Å². The van der Waals surface area contributed by atoms with Crippen LogP contribution in [0.5, 0.6) is 0 Å². The minimum atomic E-state index is -0.637. The highest BCUT2D eigenvalue weighted by molar-refractivity contribution is 5.72. The van der Waals surface area contributed by atoms with E-state index in [1.165, 1.54) is 0 Å². The first-order valence-corrected chi connectivity index (χ1v) is 5.22. The Kier molecular flexibility index (Phi) is 2.74. The maximum atomic E-state index is 10.8. The molecular formula is C10H17NO3. The zero-order valence-corrected chi connectivity index (χ0v) is 8.48. The third kappa shape index (κ3) is 1.64. The van der Waals surface area contributed by atoms with Crippen molar-refractivity contribution in [3.05, 3.63) is 0 Å². The molecule has 2 aliphatic rings. The molecule has 0 radical (unpaired) electrons. The fourth-order valence-electron chi connectivity index (χ4n) is 2.46. The van der Waals surface area contributed by atoms with Crippen LogP contribution in [-0.4, -0.2) is 48.3 Å². The van der Waals surface area contributed by atoms with Crippen molar-refractivity contribution in [2.45, 2.75) is 31.4 Å². The molecule has 3 atom stereocenters. The van der Waals surface area contributed by atoms with Gasteiger partial charge in [0.2, 0.25) is 0 Å². The molecule has 2 rings (SSSR count). The average Bonchev–Trinajstić information content (AvgIpc) is 2.49. The summed E-state index contributed by atoms with van der Waals surface area (Å²) in [4.78, 5) is 13.1. The van der Waals surface area contributed by atoms with Gasteiger partial charge in [0.25, 0.3) is 0 Å². The van der Waals surface area contributed by atoms with Crippen molar-refractivity contribution < 1.29 is 14.6 Å². The molecule has 0 spiro atoms. The number of likely N-dealkylation sites (tertiary alicyclic amines) is 1. The van der Waals surface area contributed by atoms with Crippen molar-refractivity contribution in [3.63, 3.8) is 0 Å². The third-order valence-electron chi connectivity index (χ3n) is 3.53. The number of nitrogens with zero attached hydrogens (tertiary/aromatic N) is 1. The minimum absolute atomic E-state index is 0.134. The predicted octanol–water partition coefficient (Wildman–Crippen LogP) is 0.570. The second kappa shape index (κ2) is 3.87. The normalized spacial score (nSPS) is 38.2. The molecule has 0 aromatic heterocycles. The van der Waals surface area contributed by atoms with Gasteiger partial charge in [-0.2, -0.15) is 0 Å². The van der Waals surface area contributed by atoms with Gasteiger partial charge in [-0.3, -0.25) is 9.69 Å². The van der Waals surface area contributed by atoms with Crippen LogP contribution in [0.4, 0.5) is 0 Å². The lowest BCUT2D eigenvalue weighted by Crippen LogP contribution is -2.49. The Labute approximate surface area is 83.8 Å². The van der Waals surface area contributed by atoms with E-state index in [1.807, 2.05) is 0 Å². The Morgan fingerprint density at radius 3 is 2.64 bits per heavy atom. The van der Waals surface area contributed by atoms with Gasteiger partial charge < -0.3 is 9.84 Å². The van der Waals surface area contributed by atoms with Gasteiger partial charge in [-0.25, -0.2) is 0 Å². The molecule has 2 fully saturated rings. The first-order valence-electron chi connectivity index (χ1n) is 5.22. The van der Waals surface area contributed by atoms with Gasteiger partial charge in [0.1, 0.15) is 0 Å². The first kappa shape index (κ1) is 9.93. The Hall–Kier alpha value is -0.610. The average molecular weight is 199 g/mol.